The van der Waals surface area contributed by atoms with Crippen LogP contribution in [0.15, 0.2) is 30.8 Å². The molecule has 2 amide bonds. The van der Waals surface area contributed by atoms with Gasteiger partial charge in [-0.15, -0.1) is 0 Å². The van der Waals surface area contributed by atoms with Gasteiger partial charge in [0.1, 0.15) is 12.3 Å². The van der Waals surface area contributed by atoms with Gasteiger partial charge in [-0.2, -0.15) is 0 Å². The molecule has 0 radical (unpaired) electrons. The van der Waals surface area contributed by atoms with Crippen molar-refractivity contribution in [3.05, 3.63) is 47.0 Å². The minimum Gasteiger partial charge on any atom is -0.567 e. The van der Waals surface area contributed by atoms with Crippen LogP contribution in [0.3, 0.4) is 0 Å². The Balaban J connectivity index is 1.55. The number of carbonyl (C=O) groups is 4. The number of aryl methyl sites for hydroxylation is 1. The molecule has 29 heavy (non-hydrogen) atoms. The van der Waals surface area contributed by atoms with Crippen LogP contribution in [0.25, 0.3) is 5.76 Å². The predicted molar refractivity (Wildman–Crippen MR) is 108 cm³/mol. The highest BCUT2D eigenvalue weighted by Crippen LogP contribution is 2.29. The van der Waals surface area contributed by atoms with E-state index in [0.717, 1.165) is 4.90 Å². The zero-order chi connectivity index (χ0) is 21.1. The number of anilines is 2. The summed E-state index contributed by atoms with van der Waals surface area (Å²) in [5, 5.41) is 2.83. The number of hydrogen-bond acceptors (Lipinski definition) is 8. The maximum absolute atomic E-state index is 12.1. The number of esters is 1. The highest BCUT2D eigenvalue weighted by Gasteiger charge is 2.36. The smallest absolute Gasteiger partial charge is 0.326 e. The Kier molecular flexibility index (Phi) is 5.78. The predicted octanol–water partition coefficient (Wildman–Crippen LogP) is 0.698. The highest BCUT2D eigenvalue weighted by atomic mass is 32.1. The van der Waals surface area contributed by atoms with Crippen molar-refractivity contribution < 1.29 is 28.6 Å². The first-order chi connectivity index (χ1) is 13.8. The van der Waals surface area contributed by atoms with Gasteiger partial charge in [-0.1, -0.05) is 30.0 Å². The number of carbonyl (C=O) groups excluding carboxylic acids is 4. The quantitative estimate of drug-likeness (QED) is 0.308. The molecule has 2 aromatic rings. The van der Waals surface area contributed by atoms with E-state index in [0.29, 0.717) is 27.1 Å². The molecule has 1 aromatic heterocycles. The lowest BCUT2D eigenvalue weighted by Gasteiger charge is -2.15. The van der Waals surface area contributed by atoms with Crippen molar-refractivity contribution in [3.63, 3.8) is 0 Å². The van der Waals surface area contributed by atoms with Crippen molar-refractivity contribution in [1.29, 1.82) is 0 Å². The summed E-state index contributed by atoms with van der Waals surface area (Å²) in [4.78, 5) is 54.0. The molecule has 0 atom stereocenters. The molecule has 2 heterocycles. The van der Waals surface area contributed by atoms with Crippen LogP contribution in [0.1, 0.15) is 20.9 Å². The molecular weight excluding hydrogens is 397 g/mol. The van der Waals surface area contributed by atoms with E-state index in [1.165, 1.54) is 25.5 Å². The normalized spacial score (nSPS) is 12.5. The maximum atomic E-state index is 12.1. The molecule has 0 spiro atoms. The first-order valence-corrected chi connectivity index (χ1v) is 9.25. The number of Topliss-reactive ketones (excluding diaryl/α,β-unsaturated/α-hetero) is 1. The van der Waals surface area contributed by atoms with Gasteiger partial charge in [0.25, 0.3) is 17.6 Å². The first kappa shape index (κ1) is 20.3. The number of ketones is 1. The second-order valence-corrected chi connectivity index (χ2v) is 7.01. The van der Waals surface area contributed by atoms with Crippen molar-refractivity contribution in [3.8, 4) is 0 Å². The molecule has 0 bridgehead atoms. The van der Waals surface area contributed by atoms with Gasteiger partial charge in [0.15, 0.2) is 11.7 Å². The minimum atomic E-state index is -0.818. The Morgan fingerprint density at radius 2 is 2.03 bits per heavy atom. The zero-order valence-electron chi connectivity index (χ0n) is 15.7. The van der Waals surface area contributed by atoms with Gasteiger partial charge < -0.3 is 9.39 Å². The van der Waals surface area contributed by atoms with E-state index in [2.05, 4.69) is 16.9 Å². The van der Waals surface area contributed by atoms with Crippen LogP contribution in [0.4, 0.5) is 10.8 Å². The standard InChI is InChI=1S/C18H16BN3O6S/c1-9-16(10(2)28-19)29-18(20-9)21-13(23)8-27-14(24)7-22-12-6-4-3-5-11(12)15(25)17(22)26/h3-6H,2,7-8,19H2,1H3,(H,20,21,23). The number of para-hydroxylation sites is 1. The summed E-state index contributed by atoms with van der Waals surface area (Å²) < 4.78 is 9.98. The van der Waals surface area contributed by atoms with Crippen molar-refractivity contribution in [2.75, 3.05) is 23.4 Å². The lowest BCUT2D eigenvalue weighted by Crippen LogP contribution is -2.36. The zero-order valence-corrected chi connectivity index (χ0v) is 16.5. The topological polar surface area (TPSA) is 115 Å². The fourth-order valence-electron chi connectivity index (χ4n) is 2.68. The van der Waals surface area contributed by atoms with Crippen LogP contribution in [0.2, 0.25) is 0 Å². The van der Waals surface area contributed by atoms with E-state index < -0.39 is 36.7 Å². The summed E-state index contributed by atoms with van der Waals surface area (Å²) in [7, 11) is 1.48. The monoisotopic (exact) mass is 413 g/mol. The highest BCUT2D eigenvalue weighted by molar-refractivity contribution is 7.16. The number of nitrogens with zero attached hydrogens (tertiary/aromatic N) is 2. The summed E-state index contributed by atoms with van der Waals surface area (Å²) in [6.45, 7) is 4.46. The molecule has 11 heteroatoms. The Labute approximate surface area is 170 Å². The SMILES string of the molecule is BOC(=C)c1sc(NC(=O)COC(=O)CN2C(=O)C(=O)c3ccccc32)nc1C. The lowest BCUT2D eigenvalue weighted by atomic mass is 10.1. The molecule has 1 aliphatic rings. The molecule has 0 saturated carbocycles. The molecule has 0 aliphatic carbocycles. The number of aromatic nitrogens is 1. The Bertz CT molecular complexity index is 1030. The molecule has 9 nitrogen and oxygen atoms in total. The molecule has 1 aromatic carbocycles. The van der Waals surface area contributed by atoms with Gasteiger partial charge >= 0.3 is 14.0 Å². The number of thiazole rings is 1. The van der Waals surface area contributed by atoms with E-state index in [9.17, 15) is 19.2 Å². The molecule has 1 aliphatic heterocycles. The Morgan fingerprint density at radius 3 is 2.76 bits per heavy atom. The van der Waals surface area contributed by atoms with Crippen molar-refractivity contribution in [2.45, 2.75) is 6.92 Å². The second kappa shape index (κ2) is 8.27. The van der Waals surface area contributed by atoms with Gasteiger partial charge in [0, 0.05) is 0 Å². The lowest BCUT2D eigenvalue weighted by molar-refractivity contribution is -0.146. The van der Waals surface area contributed by atoms with Gasteiger partial charge in [-0.25, -0.2) is 4.98 Å². The van der Waals surface area contributed by atoms with Crippen LogP contribution in [-0.2, 0) is 23.8 Å². The molecule has 0 fully saturated rings. The third-order valence-electron chi connectivity index (χ3n) is 4.07. The molecule has 1 N–H and O–H groups in total. The van der Waals surface area contributed by atoms with E-state index in [1.54, 1.807) is 25.1 Å². The van der Waals surface area contributed by atoms with E-state index in [4.69, 9.17) is 9.39 Å². The van der Waals surface area contributed by atoms with Crippen LogP contribution in [0, 0.1) is 6.92 Å². The van der Waals surface area contributed by atoms with Crippen LogP contribution >= 0.6 is 11.3 Å². The third kappa shape index (κ3) is 4.19. The Hall–Kier alpha value is -3.47. The molecule has 148 valence electrons. The summed E-state index contributed by atoms with van der Waals surface area (Å²) >= 11 is 1.18. The number of amides is 2. The van der Waals surface area contributed by atoms with Gasteiger partial charge in [0.05, 0.1) is 21.8 Å². The van der Waals surface area contributed by atoms with Crippen LogP contribution < -0.4 is 10.2 Å². The number of rotatable bonds is 7. The van der Waals surface area contributed by atoms with Crippen molar-refractivity contribution >= 4 is 59.5 Å². The molecule has 3 rings (SSSR count). The average Bonchev–Trinajstić information content (AvgIpc) is 3.18. The minimum absolute atomic E-state index is 0.232. The van der Waals surface area contributed by atoms with E-state index in [-0.39, 0.29) is 5.56 Å². The first-order valence-electron chi connectivity index (χ1n) is 8.43. The number of ether oxygens (including phenoxy) is 1. The fraction of sp³-hybridized carbons (Fsp3) is 0.167. The van der Waals surface area contributed by atoms with Crippen LogP contribution in [-0.4, -0.2) is 49.8 Å². The van der Waals surface area contributed by atoms with E-state index >= 15 is 0 Å². The fourth-order valence-corrected chi connectivity index (χ4v) is 3.61. The Morgan fingerprint density at radius 1 is 1.31 bits per heavy atom. The number of fused-ring (bicyclic) bond motifs is 1. The summed E-state index contributed by atoms with van der Waals surface area (Å²) in [6.07, 6.45) is 0. The molecule has 0 unspecified atom stereocenters. The maximum Gasteiger partial charge on any atom is 0.326 e. The third-order valence-corrected chi connectivity index (χ3v) is 5.19. The molecule has 0 saturated heterocycles. The average molecular weight is 413 g/mol. The number of hydrogen-bond donors (Lipinski definition) is 1. The molecular formula is C18H16BN3O6S. The van der Waals surface area contributed by atoms with E-state index in [1.807, 2.05) is 0 Å². The second-order valence-electron chi connectivity index (χ2n) is 6.01. The van der Waals surface area contributed by atoms with Crippen molar-refractivity contribution in [1.82, 2.24) is 4.98 Å². The summed E-state index contributed by atoms with van der Waals surface area (Å²) in [5.41, 5.74) is 1.22. The number of nitrogens with one attached hydrogen (secondary N) is 1. The van der Waals surface area contributed by atoms with Crippen molar-refractivity contribution in [2.24, 2.45) is 0 Å². The van der Waals surface area contributed by atoms with Gasteiger partial charge in [-0.05, 0) is 19.1 Å². The summed E-state index contributed by atoms with van der Waals surface area (Å²) in [5.74, 6) is -2.47. The van der Waals surface area contributed by atoms with Gasteiger partial charge in [0.2, 0.25) is 0 Å². The van der Waals surface area contributed by atoms with Crippen LogP contribution in [0.5, 0.6) is 0 Å². The number of benzene rings is 1. The largest absolute Gasteiger partial charge is 0.567 e. The summed E-state index contributed by atoms with van der Waals surface area (Å²) in [6, 6.07) is 6.36. The van der Waals surface area contributed by atoms with Gasteiger partial charge in [-0.3, -0.25) is 29.4 Å².